The third-order valence-electron chi connectivity index (χ3n) is 2.42. The Morgan fingerprint density at radius 1 is 1.35 bits per heavy atom. The van der Waals surface area contributed by atoms with Crippen LogP contribution in [0, 0.1) is 0 Å². The third kappa shape index (κ3) is 2.94. The maximum absolute atomic E-state index is 5.29. The first-order valence-corrected chi connectivity index (χ1v) is 5.63. The summed E-state index contributed by atoms with van der Waals surface area (Å²) in [7, 11) is 1.88. The molecule has 5 nitrogen and oxygen atoms in total. The average Bonchev–Trinajstić information content (AvgIpc) is 2.81. The lowest BCUT2D eigenvalue weighted by atomic mass is 10.1. The molecule has 0 fully saturated rings. The van der Waals surface area contributed by atoms with Gasteiger partial charge in [0.2, 0.25) is 0 Å². The Balaban J connectivity index is 2.17. The first-order valence-electron chi connectivity index (χ1n) is 5.63. The summed E-state index contributed by atoms with van der Waals surface area (Å²) in [6, 6.07) is 0. The molecule has 2 aromatic heterocycles. The van der Waals surface area contributed by atoms with Gasteiger partial charge in [-0.25, -0.2) is 0 Å². The average molecular weight is 234 g/mol. The molecule has 0 amide bonds. The lowest BCUT2D eigenvalue weighted by Gasteiger charge is -2.19. The van der Waals surface area contributed by atoms with Gasteiger partial charge in [-0.15, -0.1) is 0 Å². The largest absolute Gasteiger partial charge is 0.356 e. The second-order valence-electron chi connectivity index (χ2n) is 5.19. The van der Waals surface area contributed by atoms with E-state index in [0.29, 0.717) is 0 Å². The molecule has 0 bridgehead atoms. The molecule has 0 aromatic carbocycles. The Morgan fingerprint density at radius 3 is 2.71 bits per heavy atom. The minimum absolute atomic E-state index is 0.0729. The zero-order valence-electron chi connectivity index (χ0n) is 10.7. The van der Waals surface area contributed by atoms with Crippen LogP contribution >= 0.6 is 0 Å². The van der Waals surface area contributed by atoms with E-state index in [-0.39, 0.29) is 5.54 Å². The van der Waals surface area contributed by atoms with Gasteiger partial charge in [-0.05, 0) is 20.8 Å². The summed E-state index contributed by atoms with van der Waals surface area (Å²) in [6.45, 7) is 7.12. The normalized spacial score (nSPS) is 12.0. The lowest BCUT2D eigenvalue weighted by Crippen LogP contribution is -2.35. The molecule has 0 saturated carbocycles. The van der Waals surface area contributed by atoms with Gasteiger partial charge < -0.3 is 9.84 Å². The first-order chi connectivity index (χ1) is 7.96. The predicted molar refractivity (Wildman–Crippen MR) is 65.3 cm³/mol. The van der Waals surface area contributed by atoms with Crippen molar-refractivity contribution in [2.24, 2.45) is 7.05 Å². The molecule has 2 aromatic rings. The topological polar surface area (TPSA) is 55.9 Å². The van der Waals surface area contributed by atoms with Gasteiger partial charge in [0, 0.05) is 30.9 Å². The van der Waals surface area contributed by atoms with Crippen LogP contribution in [0.2, 0.25) is 0 Å². The van der Waals surface area contributed by atoms with Crippen molar-refractivity contribution in [3.8, 4) is 11.3 Å². The van der Waals surface area contributed by atoms with Crippen molar-refractivity contribution in [1.82, 2.24) is 20.3 Å². The summed E-state index contributed by atoms with van der Waals surface area (Å²) in [6.07, 6.45) is 5.45. The van der Waals surface area contributed by atoms with E-state index in [1.165, 1.54) is 0 Å². The molecule has 0 atom stereocenters. The number of aromatic nitrogens is 3. The molecule has 1 N–H and O–H groups in total. The lowest BCUT2D eigenvalue weighted by molar-refractivity contribution is 0.418. The van der Waals surface area contributed by atoms with Crippen LogP contribution in [0.15, 0.2) is 23.1 Å². The minimum atomic E-state index is 0.0729. The monoisotopic (exact) mass is 234 g/mol. The summed E-state index contributed by atoms with van der Waals surface area (Å²) in [4.78, 5) is 0. The van der Waals surface area contributed by atoms with Gasteiger partial charge in [-0.1, -0.05) is 5.16 Å². The van der Waals surface area contributed by atoms with Gasteiger partial charge >= 0.3 is 0 Å². The van der Waals surface area contributed by atoms with E-state index in [2.05, 4.69) is 36.3 Å². The number of nitrogens with zero attached hydrogens (tertiary/aromatic N) is 3. The molecular weight excluding hydrogens is 216 g/mol. The standard InChI is InChI=1S/C12H18N4O/c1-12(2,3)13-5-9-7-15-17-11(9)10-6-14-16(4)8-10/h6-8,13H,5H2,1-4H3. The van der Waals surface area contributed by atoms with Crippen molar-refractivity contribution in [2.75, 3.05) is 0 Å². The second kappa shape index (κ2) is 4.33. The van der Waals surface area contributed by atoms with Crippen molar-refractivity contribution < 1.29 is 4.52 Å². The molecule has 0 saturated heterocycles. The number of hydrogen-bond acceptors (Lipinski definition) is 4. The van der Waals surface area contributed by atoms with Crippen molar-refractivity contribution >= 4 is 0 Å². The van der Waals surface area contributed by atoms with E-state index >= 15 is 0 Å². The Labute approximate surface area is 101 Å². The van der Waals surface area contributed by atoms with Crippen LogP contribution in [0.3, 0.4) is 0 Å². The van der Waals surface area contributed by atoms with E-state index in [0.717, 1.165) is 23.4 Å². The third-order valence-corrected chi connectivity index (χ3v) is 2.42. The fourth-order valence-electron chi connectivity index (χ4n) is 1.52. The second-order valence-corrected chi connectivity index (χ2v) is 5.19. The summed E-state index contributed by atoms with van der Waals surface area (Å²) in [5.41, 5.74) is 2.08. The van der Waals surface area contributed by atoms with Crippen molar-refractivity contribution in [1.29, 1.82) is 0 Å². The van der Waals surface area contributed by atoms with E-state index in [1.54, 1.807) is 17.1 Å². The molecule has 0 unspecified atom stereocenters. The fourth-order valence-corrected chi connectivity index (χ4v) is 1.52. The maximum Gasteiger partial charge on any atom is 0.174 e. The Bertz CT molecular complexity index is 493. The smallest absolute Gasteiger partial charge is 0.174 e. The molecule has 92 valence electrons. The van der Waals surface area contributed by atoms with Gasteiger partial charge in [-0.2, -0.15) is 5.10 Å². The SMILES string of the molecule is Cn1cc(-c2oncc2CNC(C)(C)C)cn1. The van der Waals surface area contributed by atoms with E-state index < -0.39 is 0 Å². The van der Waals surface area contributed by atoms with Crippen molar-refractivity contribution in [3.63, 3.8) is 0 Å². The molecule has 5 heteroatoms. The quantitative estimate of drug-likeness (QED) is 0.882. The Hall–Kier alpha value is -1.62. The molecule has 2 heterocycles. The maximum atomic E-state index is 5.29. The molecule has 2 rings (SSSR count). The Kier molecular flexibility index (Phi) is 3.02. The molecule has 17 heavy (non-hydrogen) atoms. The number of nitrogens with one attached hydrogen (secondary N) is 1. The zero-order valence-corrected chi connectivity index (χ0v) is 10.7. The van der Waals surface area contributed by atoms with E-state index in [1.807, 2.05) is 13.2 Å². The van der Waals surface area contributed by atoms with Crippen LogP contribution < -0.4 is 5.32 Å². The van der Waals surface area contributed by atoms with Crippen LogP contribution in [0.5, 0.6) is 0 Å². The zero-order chi connectivity index (χ0) is 12.5. The molecule has 0 spiro atoms. The van der Waals surface area contributed by atoms with Crippen molar-refractivity contribution in [3.05, 3.63) is 24.2 Å². The van der Waals surface area contributed by atoms with Gasteiger partial charge in [-0.3, -0.25) is 4.68 Å². The molecule has 0 aliphatic carbocycles. The molecule has 0 aliphatic heterocycles. The fraction of sp³-hybridized carbons (Fsp3) is 0.500. The molecule has 0 aliphatic rings. The number of hydrogen-bond donors (Lipinski definition) is 1. The highest BCUT2D eigenvalue weighted by Crippen LogP contribution is 2.23. The molecular formula is C12H18N4O. The Morgan fingerprint density at radius 2 is 2.12 bits per heavy atom. The summed E-state index contributed by atoms with van der Waals surface area (Å²) in [5, 5.41) is 11.4. The van der Waals surface area contributed by atoms with E-state index in [9.17, 15) is 0 Å². The van der Waals surface area contributed by atoms with Crippen molar-refractivity contribution in [2.45, 2.75) is 32.9 Å². The highest BCUT2D eigenvalue weighted by Gasteiger charge is 2.15. The van der Waals surface area contributed by atoms with Crippen LogP contribution in [0.1, 0.15) is 26.3 Å². The highest BCUT2D eigenvalue weighted by atomic mass is 16.5. The van der Waals surface area contributed by atoms with Gasteiger partial charge in [0.1, 0.15) is 0 Å². The molecule has 0 radical (unpaired) electrons. The number of rotatable bonds is 3. The predicted octanol–water partition coefficient (Wildman–Crippen LogP) is 1.96. The highest BCUT2D eigenvalue weighted by molar-refractivity contribution is 5.58. The summed E-state index contributed by atoms with van der Waals surface area (Å²) in [5.74, 6) is 0.787. The van der Waals surface area contributed by atoms with Crippen LogP contribution in [0.25, 0.3) is 11.3 Å². The van der Waals surface area contributed by atoms with E-state index in [4.69, 9.17) is 4.52 Å². The minimum Gasteiger partial charge on any atom is -0.356 e. The number of aryl methyl sites for hydroxylation is 1. The van der Waals surface area contributed by atoms with Gasteiger partial charge in [0.15, 0.2) is 5.76 Å². The van der Waals surface area contributed by atoms with Crippen LogP contribution in [-0.4, -0.2) is 20.5 Å². The summed E-state index contributed by atoms with van der Waals surface area (Å²) >= 11 is 0. The van der Waals surface area contributed by atoms with Crippen LogP contribution in [0.4, 0.5) is 0 Å². The van der Waals surface area contributed by atoms with Gasteiger partial charge in [0.05, 0.1) is 18.0 Å². The first kappa shape index (κ1) is 11.9. The summed E-state index contributed by atoms with van der Waals surface area (Å²) < 4.78 is 7.03. The van der Waals surface area contributed by atoms with Crippen LogP contribution in [-0.2, 0) is 13.6 Å². The van der Waals surface area contributed by atoms with Gasteiger partial charge in [0.25, 0.3) is 0 Å².